The summed E-state index contributed by atoms with van der Waals surface area (Å²) in [6, 6.07) is 0. The SMILES string of the molecule is C=C1CCC/N=C(/C(C)(C)C)N(C(C)(C)C)C1. The van der Waals surface area contributed by atoms with Gasteiger partial charge in [0.1, 0.15) is 5.84 Å². The third-order valence-corrected chi connectivity index (χ3v) is 3.07. The van der Waals surface area contributed by atoms with Gasteiger partial charge in [-0.15, -0.1) is 0 Å². The van der Waals surface area contributed by atoms with Crippen molar-refractivity contribution >= 4 is 5.84 Å². The summed E-state index contributed by atoms with van der Waals surface area (Å²) in [4.78, 5) is 7.26. The molecule has 1 aliphatic rings. The maximum absolute atomic E-state index is 4.84. The van der Waals surface area contributed by atoms with Crippen molar-refractivity contribution in [1.82, 2.24) is 4.90 Å². The van der Waals surface area contributed by atoms with Crippen LogP contribution in [0.2, 0.25) is 0 Å². The van der Waals surface area contributed by atoms with Gasteiger partial charge in [0, 0.05) is 24.0 Å². The lowest BCUT2D eigenvalue weighted by atomic mass is 9.89. The molecule has 1 aliphatic heterocycles. The van der Waals surface area contributed by atoms with Crippen molar-refractivity contribution < 1.29 is 0 Å². The predicted molar refractivity (Wildman–Crippen MR) is 76.6 cm³/mol. The van der Waals surface area contributed by atoms with Crippen molar-refractivity contribution in [2.75, 3.05) is 13.1 Å². The normalized spacial score (nSPS) is 22.8. The Bertz CT molecular complexity index is 313. The zero-order chi connectivity index (χ0) is 13.3. The van der Waals surface area contributed by atoms with Crippen LogP contribution < -0.4 is 0 Å². The topological polar surface area (TPSA) is 15.6 Å². The minimum absolute atomic E-state index is 0.102. The molecular formula is C15H28N2. The first-order chi connectivity index (χ1) is 7.62. The lowest BCUT2D eigenvalue weighted by molar-refractivity contribution is 0.227. The van der Waals surface area contributed by atoms with E-state index in [1.54, 1.807) is 0 Å². The van der Waals surface area contributed by atoms with E-state index in [-0.39, 0.29) is 11.0 Å². The molecule has 0 saturated heterocycles. The summed E-state index contributed by atoms with van der Waals surface area (Å²) in [5.41, 5.74) is 1.54. The summed E-state index contributed by atoms with van der Waals surface area (Å²) in [5, 5.41) is 0. The molecule has 0 aromatic rings. The van der Waals surface area contributed by atoms with Crippen LogP contribution in [0.15, 0.2) is 17.1 Å². The summed E-state index contributed by atoms with van der Waals surface area (Å²) in [5.74, 6) is 1.23. The van der Waals surface area contributed by atoms with Crippen molar-refractivity contribution in [3.8, 4) is 0 Å². The molecule has 2 heteroatoms. The zero-order valence-electron chi connectivity index (χ0n) is 12.4. The summed E-state index contributed by atoms with van der Waals surface area (Å²) in [6.07, 6.45) is 2.24. The van der Waals surface area contributed by atoms with E-state index in [0.29, 0.717) is 0 Å². The maximum atomic E-state index is 4.84. The Balaban J connectivity index is 3.13. The molecule has 0 atom stereocenters. The molecule has 0 unspecified atom stereocenters. The third kappa shape index (κ3) is 3.86. The van der Waals surface area contributed by atoms with Gasteiger partial charge >= 0.3 is 0 Å². The van der Waals surface area contributed by atoms with Crippen LogP contribution in [-0.2, 0) is 0 Å². The Morgan fingerprint density at radius 2 is 1.71 bits per heavy atom. The van der Waals surface area contributed by atoms with Crippen LogP contribution in [0.3, 0.4) is 0 Å². The van der Waals surface area contributed by atoms with Crippen LogP contribution in [0.5, 0.6) is 0 Å². The molecule has 0 aliphatic carbocycles. The highest BCUT2D eigenvalue weighted by atomic mass is 15.2. The second-order valence-corrected chi connectivity index (χ2v) is 7.07. The molecule has 17 heavy (non-hydrogen) atoms. The smallest absolute Gasteiger partial charge is 0.105 e. The maximum Gasteiger partial charge on any atom is 0.105 e. The zero-order valence-corrected chi connectivity index (χ0v) is 12.4. The van der Waals surface area contributed by atoms with Crippen LogP contribution in [0.4, 0.5) is 0 Å². The molecule has 0 aromatic heterocycles. The van der Waals surface area contributed by atoms with Gasteiger partial charge in [-0.1, -0.05) is 32.9 Å². The van der Waals surface area contributed by atoms with Crippen molar-refractivity contribution in [2.24, 2.45) is 10.4 Å². The number of hydrogen-bond acceptors (Lipinski definition) is 2. The standard InChI is InChI=1S/C15H28N2/c1-12-9-8-10-16-13(14(2,3)4)17(11-12)15(5,6)7/h1,8-11H2,2-7H3/b16-13-. The van der Waals surface area contributed by atoms with Gasteiger partial charge in [0.2, 0.25) is 0 Å². The average Bonchev–Trinajstić information content (AvgIpc) is 2.06. The summed E-state index contributed by atoms with van der Waals surface area (Å²) in [6.45, 7) is 19.6. The highest BCUT2D eigenvalue weighted by Gasteiger charge is 2.32. The molecule has 0 fully saturated rings. The molecule has 0 N–H and O–H groups in total. The molecular weight excluding hydrogens is 208 g/mol. The van der Waals surface area contributed by atoms with E-state index >= 15 is 0 Å². The minimum Gasteiger partial charge on any atom is -0.351 e. The molecule has 0 amide bonds. The molecule has 2 nitrogen and oxygen atoms in total. The van der Waals surface area contributed by atoms with Crippen LogP contribution in [-0.4, -0.2) is 29.4 Å². The van der Waals surface area contributed by atoms with Crippen molar-refractivity contribution in [1.29, 1.82) is 0 Å². The second kappa shape index (κ2) is 4.83. The van der Waals surface area contributed by atoms with Crippen molar-refractivity contribution in [3.05, 3.63) is 12.2 Å². The first-order valence-electron chi connectivity index (χ1n) is 6.61. The van der Waals surface area contributed by atoms with E-state index in [0.717, 1.165) is 25.9 Å². The number of amidine groups is 1. The highest BCUT2D eigenvalue weighted by Crippen LogP contribution is 2.28. The van der Waals surface area contributed by atoms with Crippen LogP contribution in [0, 0.1) is 5.41 Å². The van der Waals surface area contributed by atoms with Crippen molar-refractivity contribution in [2.45, 2.75) is 59.9 Å². The van der Waals surface area contributed by atoms with Crippen molar-refractivity contribution in [3.63, 3.8) is 0 Å². The number of hydrogen-bond donors (Lipinski definition) is 0. The molecule has 98 valence electrons. The predicted octanol–water partition coefficient (Wildman–Crippen LogP) is 3.88. The molecule has 1 heterocycles. The van der Waals surface area contributed by atoms with E-state index in [1.807, 2.05) is 0 Å². The minimum atomic E-state index is 0.102. The Labute approximate surface area is 107 Å². The van der Waals surface area contributed by atoms with Gasteiger partial charge in [-0.3, -0.25) is 4.99 Å². The van der Waals surface area contributed by atoms with Gasteiger partial charge < -0.3 is 4.90 Å². The van der Waals surface area contributed by atoms with Gasteiger partial charge in [0.05, 0.1) is 0 Å². The van der Waals surface area contributed by atoms with Crippen LogP contribution in [0.1, 0.15) is 54.4 Å². The van der Waals surface area contributed by atoms with Gasteiger partial charge in [-0.05, 0) is 33.6 Å². The molecule has 0 radical (unpaired) electrons. The lowest BCUT2D eigenvalue weighted by Crippen LogP contribution is -2.51. The fraction of sp³-hybridized carbons (Fsp3) is 0.800. The van der Waals surface area contributed by atoms with E-state index in [2.05, 4.69) is 53.0 Å². The lowest BCUT2D eigenvalue weighted by Gasteiger charge is -2.44. The van der Waals surface area contributed by atoms with E-state index in [9.17, 15) is 0 Å². The number of aliphatic imine (C=N–C) groups is 1. The third-order valence-electron chi connectivity index (χ3n) is 3.07. The van der Waals surface area contributed by atoms with E-state index in [1.165, 1.54) is 11.4 Å². The first kappa shape index (κ1) is 14.3. The Morgan fingerprint density at radius 1 is 1.12 bits per heavy atom. The van der Waals surface area contributed by atoms with Gasteiger partial charge in [0.15, 0.2) is 0 Å². The van der Waals surface area contributed by atoms with Gasteiger partial charge in [0.25, 0.3) is 0 Å². The fourth-order valence-corrected chi connectivity index (χ4v) is 2.17. The van der Waals surface area contributed by atoms with Crippen LogP contribution in [0.25, 0.3) is 0 Å². The fourth-order valence-electron chi connectivity index (χ4n) is 2.17. The van der Waals surface area contributed by atoms with E-state index in [4.69, 9.17) is 4.99 Å². The Morgan fingerprint density at radius 3 is 2.18 bits per heavy atom. The Kier molecular flexibility index (Phi) is 4.06. The summed E-state index contributed by atoms with van der Waals surface area (Å²) in [7, 11) is 0. The van der Waals surface area contributed by atoms with Crippen LogP contribution >= 0.6 is 0 Å². The monoisotopic (exact) mass is 236 g/mol. The quantitative estimate of drug-likeness (QED) is 0.583. The van der Waals surface area contributed by atoms with Gasteiger partial charge in [-0.2, -0.15) is 0 Å². The van der Waals surface area contributed by atoms with E-state index < -0.39 is 0 Å². The molecule has 0 bridgehead atoms. The highest BCUT2D eigenvalue weighted by molar-refractivity contribution is 5.88. The molecule has 0 aromatic carbocycles. The number of nitrogens with zero attached hydrogens (tertiary/aromatic N) is 2. The summed E-state index contributed by atoms with van der Waals surface area (Å²) < 4.78 is 0. The average molecular weight is 236 g/mol. The first-order valence-corrected chi connectivity index (χ1v) is 6.61. The number of rotatable bonds is 0. The molecule has 1 rings (SSSR count). The summed E-state index contributed by atoms with van der Waals surface area (Å²) >= 11 is 0. The molecule has 0 saturated carbocycles. The van der Waals surface area contributed by atoms with Gasteiger partial charge in [-0.25, -0.2) is 0 Å². The second-order valence-electron chi connectivity index (χ2n) is 7.07. The Hall–Kier alpha value is -0.790. The molecule has 0 spiro atoms. The largest absolute Gasteiger partial charge is 0.351 e.